The molecular formula is C10H20N2O2. The summed E-state index contributed by atoms with van der Waals surface area (Å²) < 4.78 is 0. The molecule has 1 aliphatic heterocycles. The zero-order chi connectivity index (χ0) is 10.8. The Balaban J connectivity index is 2.50. The summed E-state index contributed by atoms with van der Waals surface area (Å²) in [6.07, 6.45) is 1.60. The second kappa shape index (κ2) is 4.17. The minimum Gasteiger partial charge on any atom is -0.390 e. The number of rotatable bonds is 3. The quantitative estimate of drug-likeness (QED) is 0.712. The summed E-state index contributed by atoms with van der Waals surface area (Å²) in [5.41, 5.74) is -0.711. The predicted molar refractivity (Wildman–Crippen MR) is 55.1 cm³/mol. The highest BCUT2D eigenvalue weighted by molar-refractivity contribution is 5.75. The zero-order valence-electron chi connectivity index (χ0n) is 9.21. The van der Waals surface area contributed by atoms with Gasteiger partial charge in [0.25, 0.3) is 0 Å². The first kappa shape index (κ1) is 11.3. The van der Waals surface area contributed by atoms with Crippen molar-refractivity contribution in [2.45, 2.75) is 45.3 Å². The van der Waals surface area contributed by atoms with Gasteiger partial charge >= 0.3 is 6.03 Å². The molecule has 1 rings (SSSR count). The number of urea groups is 1. The molecule has 0 bridgehead atoms. The summed E-state index contributed by atoms with van der Waals surface area (Å²) in [6.45, 7) is 7.08. The van der Waals surface area contributed by atoms with E-state index in [0.717, 1.165) is 19.5 Å². The van der Waals surface area contributed by atoms with Gasteiger partial charge in [0.1, 0.15) is 0 Å². The highest BCUT2D eigenvalue weighted by atomic mass is 16.3. The molecule has 2 N–H and O–H groups in total. The van der Waals surface area contributed by atoms with Crippen molar-refractivity contribution < 1.29 is 9.90 Å². The summed E-state index contributed by atoms with van der Waals surface area (Å²) in [6, 6.07) is 0.0864. The number of carbonyl (C=O) groups is 1. The van der Waals surface area contributed by atoms with Crippen LogP contribution in [0.2, 0.25) is 0 Å². The summed E-state index contributed by atoms with van der Waals surface area (Å²) >= 11 is 0. The van der Waals surface area contributed by atoms with Crippen LogP contribution in [0.3, 0.4) is 0 Å². The fraction of sp³-hybridized carbons (Fsp3) is 0.900. The summed E-state index contributed by atoms with van der Waals surface area (Å²) in [5, 5.41) is 12.5. The first-order valence-electron chi connectivity index (χ1n) is 5.17. The Bertz CT molecular complexity index is 211. The molecule has 0 spiro atoms. The number of hydrogen-bond acceptors (Lipinski definition) is 2. The maximum absolute atomic E-state index is 11.5. The third kappa shape index (κ3) is 3.18. The van der Waals surface area contributed by atoms with Gasteiger partial charge in [-0.25, -0.2) is 4.79 Å². The lowest BCUT2D eigenvalue weighted by molar-refractivity contribution is 0.0428. The summed E-state index contributed by atoms with van der Waals surface area (Å²) in [7, 11) is 0. The van der Waals surface area contributed by atoms with Crippen LogP contribution in [-0.2, 0) is 0 Å². The van der Waals surface area contributed by atoms with E-state index >= 15 is 0 Å². The first-order valence-corrected chi connectivity index (χ1v) is 5.17. The van der Waals surface area contributed by atoms with Crippen LogP contribution < -0.4 is 5.32 Å². The van der Waals surface area contributed by atoms with Gasteiger partial charge in [0.15, 0.2) is 0 Å². The largest absolute Gasteiger partial charge is 0.390 e. The van der Waals surface area contributed by atoms with Gasteiger partial charge in [0, 0.05) is 19.1 Å². The average Bonchev–Trinajstić information content (AvgIpc) is 2.01. The van der Waals surface area contributed by atoms with Crippen molar-refractivity contribution in [2.75, 3.05) is 13.1 Å². The van der Waals surface area contributed by atoms with E-state index in [2.05, 4.69) is 5.32 Å². The molecule has 0 radical (unpaired) electrons. The molecule has 0 aromatic rings. The smallest absolute Gasteiger partial charge is 0.317 e. The molecule has 1 atom stereocenters. The SMILES string of the molecule is CC(CC(C)(C)O)N1CCCNC1=O. The van der Waals surface area contributed by atoms with Gasteiger partial charge in [0.2, 0.25) is 0 Å². The first-order chi connectivity index (χ1) is 6.40. The van der Waals surface area contributed by atoms with Crippen LogP contribution in [0.15, 0.2) is 0 Å². The van der Waals surface area contributed by atoms with E-state index < -0.39 is 5.60 Å². The molecule has 1 heterocycles. The lowest BCUT2D eigenvalue weighted by Crippen LogP contribution is -2.51. The van der Waals surface area contributed by atoms with Gasteiger partial charge in [-0.05, 0) is 33.6 Å². The van der Waals surface area contributed by atoms with Crippen LogP contribution in [-0.4, -0.2) is 40.8 Å². The molecule has 4 heteroatoms. The van der Waals surface area contributed by atoms with Crippen molar-refractivity contribution in [2.24, 2.45) is 0 Å². The Morgan fingerprint density at radius 3 is 2.79 bits per heavy atom. The fourth-order valence-electron chi connectivity index (χ4n) is 1.90. The monoisotopic (exact) mass is 200 g/mol. The van der Waals surface area contributed by atoms with E-state index in [0.29, 0.717) is 6.42 Å². The minimum atomic E-state index is -0.711. The van der Waals surface area contributed by atoms with E-state index in [1.165, 1.54) is 0 Å². The molecule has 1 aliphatic rings. The molecule has 1 unspecified atom stereocenters. The second-order valence-corrected chi connectivity index (χ2v) is 4.64. The van der Waals surface area contributed by atoms with Crippen LogP contribution in [0.4, 0.5) is 4.79 Å². The van der Waals surface area contributed by atoms with Crippen molar-refractivity contribution >= 4 is 6.03 Å². The third-order valence-corrected chi connectivity index (χ3v) is 2.44. The van der Waals surface area contributed by atoms with Crippen molar-refractivity contribution in [3.05, 3.63) is 0 Å². The topological polar surface area (TPSA) is 52.6 Å². The van der Waals surface area contributed by atoms with Crippen LogP contribution in [0.1, 0.15) is 33.6 Å². The molecule has 1 saturated heterocycles. The normalized spacial score (nSPS) is 20.6. The summed E-state index contributed by atoms with van der Waals surface area (Å²) in [4.78, 5) is 13.2. The molecule has 0 saturated carbocycles. The Hall–Kier alpha value is -0.770. The molecular weight excluding hydrogens is 180 g/mol. The molecule has 0 aromatic carbocycles. The van der Waals surface area contributed by atoms with Gasteiger partial charge in [-0.3, -0.25) is 0 Å². The number of hydrogen-bond donors (Lipinski definition) is 2. The van der Waals surface area contributed by atoms with E-state index in [1.807, 2.05) is 6.92 Å². The molecule has 0 aromatic heterocycles. The van der Waals surface area contributed by atoms with Crippen LogP contribution in [0, 0.1) is 0 Å². The highest BCUT2D eigenvalue weighted by Crippen LogP contribution is 2.16. The molecule has 2 amide bonds. The van der Waals surface area contributed by atoms with Crippen molar-refractivity contribution in [3.63, 3.8) is 0 Å². The molecule has 82 valence electrons. The van der Waals surface area contributed by atoms with Gasteiger partial charge in [-0.1, -0.05) is 0 Å². The van der Waals surface area contributed by atoms with E-state index in [1.54, 1.807) is 18.7 Å². The standard InChI is InChI=1S/C10H20N2O2/c1-8(7-10(2,3)14)12-6-4-5-11-9(12)13/h8,14H,4-7H2,1-3H3,(H,11,13). The van der Waals surface area contributed by atoms with E-state index in [-0.39, 0.29) is 12.1 Å². The molecule has 14 heavy (non-hydrogen) atoms. The maximum Gasteiger partial charge on any atom is 0.317 e. The average molecular weight is 200 g/mol. The zero-order valence-corrected chi connectivity index (χ0v) is 9.21. The Kier molecular flexibility index (Phi) is 3.37. The number of aliphatic hydroxyl groups is 1. The Morgan fingerprint density at radius 2 is 2.29 bits per heavy atom. The van der Waals surface area contributed by atoms with Gasteiger partial charge in [-0.15, -0.1) is 0 Å². The minimum absolute atomic E-state index is 0.00648. The van der Waals surface area contributed by atoms with Gasteiger partial charge in [-0.2, -0.15) is 0 Å². The number of carbonyl (C=O) groups excluding carboxylic acids is 1. The predicted octanol–water partition coefficient (Wildman–Crippen LogP) is 0.951. The van der Waals surface area contributed by atoms with Crippen molar-refractivity contribution in [1.82, 2.24) is 10.2 Å². The van der Waals surface area contributed by atoms with Gasteiger partial charge in [0.05, 0.1) is 5.60 Å². The number of nitrogens with zero attached hydrogens (tertiary/aromatic N) is 1. The van der Waals surface area contributed by atoms with Crippen LogP contribution >= 0.6 is 0 Å². The van der Waals surface area contributed by atoms with Crippen LogP contribution in [0.25, 0.3) is 0 Å². The summed E-state index contributed by atoms with van der Waals surface area (Å²) in [5.74, 6) is 0. The van der Waals surface area contributed by atoms with Crippen molar-refractivity contribution in [3.8, 4) is 0 Å². The number of nitrogens with one attached hydrogen (secondary N) is 1. The fourth-order valence-corrected chi connectivity index (χ4v) is 1.90. The highest BCUT2D eigenvalue weighted by Gasteiger charge is 2.26. The number of amides is 2. The van der Waals surface area contributed by atoms with Gasteiger partial charge < -0.3 is 15.3 Å². The van der Waals surface area contributed by atoms with Crippen molar-refractivity contribution in [1.29, 1.82) is 0 Å². The van der Waals surface area contributed by atoms with E-state index in [9.17, 15) is 9.90 Å². The lowest BCUT2D eigenvalue weighted by atomic mass is 9.99. The lowest BCUT2D eigenvalue weighted by Gasteiger charge is -2.35. The Labute approximate surface area is 85.3 Å². The molecule has 4 nitrogen and oxygen atoms in total. The second-order valence-electron chi connectivity index (χ2n) is 4.64. The third-order valence-electron chi connectivity index (χ3n) is 2.44. The Morgan fingerprint density at radius 1 is 1.64 bits per heavy atom. The maximum atomic E-state index is 11.5. The van der Waals surface area contributed by atoms with Crippen LogP contribution in [0.5, 0.6) is 0 Å². The van der Waals surface area contributed by atoms with E-state index in [4.69, 9.17) is 0 Å². The molecule has 0 aliphatic carbocycles. The molecule has 1 fully saturated rings.